The molecule has 3 heterocycles. The molecule has 2 fully saturated rings. The largest absolute Gasteiger partial charge is 0.484 e. The van der Waals surface area contributed by atoms with Crippen LogP contribution in [0.4, 0.5) is 5.69 Å². The molecule has 7 heteroatoms. The average Bonchev–Trinajstić information content (AvgIpc) is 3.44. The molecule has 3 aromatic rings. The van der Waals surface area contributed by atoms with Gasteiger partial charge in [-0.15, -0.1) is 11.3 Å². The van der Waals surface area contributed by atoms with Crippen LogP contribution in [0.3, 0.4) is 0 Å². The maximum absolute atomic E-state index is 13.0. The molecule has 2 saturated heterocycles. The molecule has 0 saturated carbocycles. The summed E-state index contributed by atoms with van der Waals surface area (Å²) in [5, 5.41) is 1.01. The number of carbonyl (C=O) groups is 2. The summed E-state index contributed by atoms with van der Waals surface area (Å²) in [5.74, 6) is 0.787. The smallest absolute Gasteiger partial charge is 0.261 e. The first kappa shape index (κ1) is 20.0. The number of rotatable bonds is 5. The maximum atomic E-state index is 13.0. The summed E-state index contributed by atoms with van der Waals surface area (Å²) in [4.78, 5) is 33.4. The fourth-order valence-corrected chi connectivity index (χ4v) is 5.51. The van der Waals surface area contributed by atoms with Gasteiger partial charge in [-0.2, -0.15) is 0 Å². The summed E-state index contributed by atoms with van der Waals surface area (Å²) in [6.45, 7) is 1.50. The zero-order valence-corrected chi connectivity index (χ0v) is 18.1. The Hall–Kier alpha value is -2.93. The molecule has 0 N–H and O–H groups in total. The van der Waals surface area contributed by atoms with Crippen molar-refractivity contribution in [2.24, 2.45) is 0 Å². The van der Waals surface area contributed by atoms with E-state index in [-0.39, 0.29) is 24.5 Å². The Bertz CT molecular complexity index is 1060. The molecule has 2 aliphatic rings. The molecule has 0 spiro atoms. The fraction of sp³-hybridized carbons (Fsp3) is 0.375. The fourth-order valence-electron chi connectivity index (χ4n) is 4.39. The van der Waals surface area contributed by atoms with Crippen LogP contribution in [0.15, 0.2) is 48.5 Å². The zero-order chi connectivity index (χ0) is 21.2. The van der Waals surface area contributed by atoms with Gasteiger partial charge in [0, 0.05) is 25.2 Å². The van der Waals surface area contributed by atoms with Crippen molar-refractivity contribution in [1.82, 2.24) is 9.88 Å². The van der Waals surface area contributed by atoms with Gasteiger partial charge in [0.2, 0.25) is 5.91 Å². The van der Waals surface area contributed by atoms with Crippen LogP contribution >= 0.6 is 11.3 Å². The highest BCUT2D eigenvalue weighted by Gasteiger charge is 2.30. The number of para-hydroxylation sites is 1. The molecule has 2 aliphatic heterocycles. The Morgan fingerprint density at radius 1 is 1.06 bits per heavy atom. The van der Waals surface area contributed by atoms with Crippen LogP contribution in [-0.2, 0) is 9.59 Å². The van der Waals surface area contributed by atoms with Gasteiger partial charge < -0.3 is 14.5 Å². The van der Waals surface area contributed by atoms with Crippen LogP contribution in [0.5, 0.6) is 5.75 Å². The predicted molar refractivity (Wildman–Crippen MR) is 121 cm³/mol. The van der Waals surface area contributed by atoms with Crippen molar-refractivity contribution in [2.45, 2.75) is 38.1 Å². The first-order chi connectivity index (χ1) is 15.2. The number of thiazole rings is 1. The number of hydrogen-bond acceptors (Lipinski definition) is 5. The van der Waals surface area contributed by atoms with E-state index in [1.165, 1.54) is 0 Å². The van der Waals surface area contributed by atoms with Crippen LogP contribution in [0, 0.1) is 0 Å². The molecule has 2 aromatic carbocycles. The number of ether oxygens (including phenoxy) is 1. The van der Waals surface area contributed by atoms with Gasteiger partial charge in [-0.25, -0.2) is 4.98 Å². The molecule has 0 aliphatic carbocycles. The number of piperidine rings is 1. The van der Waals surface area contributed by atoms with E-state index in [1.807, 2.05) is 47.4 Å². The molecule has 1 aromatic heterocycles. The Kier molecular flexibility index (Phi) is 5.59. The van der Waals surface area contributed by atoms with Crippen LogP contribution in [-0.4, -0.2) is 41.4 Å². The summed E-state index contributed by atoms with van der Waals surface area (Å²) in [5.41, 5.74) is 1.88. The average molecular weight is 436 g/mol. The van der Waals surface area contributed by atoms with Crippen molar-refractivity contribution in [2.75, 3.05) is 24.6 Å². The molecule has 0 bridgehead atoms. The molecule has 0 radical (unpaired) electrons. The lowest BCUT2D eigenvalue weighted by atomic mass is 10.0. The number of amides is 2. The van der Waals surface area contributed by atoms with Crippen molar-refractivity contribution in [3.8, 4) is 5.75 Å². The second kappa shape index (κ2) is 8.67. The van der Waals surface area contributed by atoms with Gasteiger partial charge in [-0.3, -0.25) is 9.59 Å². The quantitative estimate of drug-likeness (QED) is 0.590. The van der Waals surface area contributed by atoms with Gasteiger partial charge in [-0.05, 0) is 62.1 Å². The molecular weight excluding hydrogens is 410 g/mol. The third kappa shape index (κ3) is 4.14. The van der Waals surface area contributed by atoms with Gasteiger partial charge in [0.1, 0.15) is 10.8 Å². The summed E-state index contributed by atoms with van der Waals surface area (Å²) in [6.07, 6.45) is 4.55. The zero-order valence-electron chi connectivity index (χ0n) is 17.3. The number of likely N-dealkylation sites (tertiary alicyclic amines) is 1. The third-order valence-electron chi connectivity index (χ3n) is 6.00. The Morgan fingerprint density at radius 2 is 1.90 bits per heavy atom. The Morgan fingerprint density at radius 3 is 2.68 bits per heavy atom. The lowest BCUT2D eigenvalue weighted by Gasteiger charge is -2.34. The van der Waals surface area contributed by atoms with Gasteiger partial charge >= 0.3 is 0 Å². The van der Waals surface area contributed by atoms with Crippen molar-refractivity contribution < 1.29 is 14.3 Å². The normalized spacial score (nSPS) is 19.2. The van der Waals surface area contributed by atoms with Crippen molar-refractivity contribution >= 4 is 39.1 Å². The van der Waals surface area contributed by atoms with E-state index in [9.17, 15) is 9.59 Å². The number of carbonyl (C=O) groups excluding carboxylic acids is 2. The highest BCUT2D eigenvalue weighted by atomic mass is 32.1. The van der Waals surface area contributed by atoms with Gasteiger partial charge in [0.25, 0.3) is 5.91 Å². The highest BCUT2D eigenvalue weighted by Crippen LogP contribution is 2.35. The molecule has 2 amide bonds. The first-order valence-electron chi connectivity index (χ1n) is 10.9. The molecule has 31 heavy (non-hydrogen) atoms. The van der Waals surface area contributed by atoms with E-state index in [0.29, 0.717) is 12.2 Å². The Labute approximate surface area is 185 Å². The van der Waals surface area contributed by atoms with Crippen LogP contribution in [0.1, 0.15) is 43.2 Å². The Balaban J connectivity index is 1.25. The highest BCUT2D eigenvalue weighted by molar-refractivity contribution is 7.18. The number of fused-ring (bicyclic) bond motifs is 1. The van der Waals surface area contributed by atoms with E-state index in [0.717, 1.165) is 59.7 Å². The topological polar surface area (TPSA) is 62.7 Å². The van der Waals surface area contributed by atoms with Crippen LogP contribution in [0.25, 0.3) is 10.2 Å². The number of nitrogens with zero attached hydrogens (tertiary/aromatic N) is 3. The number of benzene rings is 2. The summed E-state index contributed by atoms with van der Waals surface area (Å²) in [7, 11) is 0. The summed E-state index contributed by atoms with van der Waals surface area (Å²) >= 11 is 1.68. The van der Waals surface area contributed by atoms with Gasteiger partial charge in [0.15, 0.2) is 6.61 Å². The van der Waals surface area contributed by atoms with Crippen LogP contribution in [0.2, 0.25) is 0 Å². The number of aromatic nitrogens is 1. The molecule has 160 valence electrons. The second-order valence-corrected chi connectivity index (χ2v) is 9.11. The monoisotopic (exact) mass is 435 g/mol. The molecular formula is C24H25N3O3S. The lowest BCUT2D eigenvalue weighted by Crippen LogP contribution is -2.41. The van der Waals surface area contributed by atoms with Gasteiger partial charge in [-0.1, -0.05) is 12.1 Å². The van der Waals surface area contributed by atoms with E-state index in [1.54, 1.807) is 16.2 Å². The minimum absolute atomic E-state index is 0.00336. The van der Waals surface area contributed by atoms with E-state index >= 15 is 0 Å². The summed E-state index contributed by atoms with van der Waals surface area (Å²) < 4.78 is 6.95. The minimum atomic E-state index is -0.0113. The van der Waals surface area contributed by atoms with Crippen molar-refractivity contribution in [1.29, 1.82) is 0 Å². The maximum Gasteiger partial charge on any atom is 0.261 e. The minimum Gasteiger partial charge on any atom is -0.484 e. The number of anilines is 1. The molecule has 1 unspecified atom stereocenters. The molecule has 5 rings (SSSR count). The van der Waals surface area contributed by atoms with E-state index in [2.05, 4.69) is 6.07 Å². The molecule has 6 nitrogen and oxygen atoms in total. The second-order valence-electron chi connectivity index (χ2n) is 8.05. The first-order valence-corrected chi connectivity index (χ1v) is 11.7. The van der Waals surface area contributed by atoms with Gasteiger partial charge in [0.05, 0.1) is 16.3 Å². The number of hydrogen-bond donors (Lipinski definition) is 0. The van der Waals surface area contributed by atoms with Crippen molar-refractivity contribution in [3.05, 3.63) is 53.5 Å². The van der Waals surface area contributed by atoms with Crippen LogP contribution < -0.4 is 9.64 Å². The van der Waals surface area contributed by atoms with E-state index in [4.69, 9.17) is 9.72 Å². The lowest BCUT2D eigenvalue weighted by molar-refractivity contribution is -0.137. The SMILES string of the molecule is O=C1CCCN1c1ccc(OCC(=O)N2CCCCC2c2nc3ccccc3s2)cc1. The standard InChI is InChI=1S/C24H25N3O3S/c28-22-9-5-15-26(22)17-10-12-18(13-11-17)30-16-23(29)27-14-4-3-7-20(27)24-25-19-6-1-2-8-21(19)31-24/h1-2,6,8,10-13,20H,3-5,7,9,14-16H2. The molecule has 1 atom stereocenters. The summed E-state index contributed by atoms with van der Waals surface area (Å²) in [6, 6.07) is 15.6. The third-order valence-corrected chi connectivity index (χ3v) is 7.14. The van der Waals surface area contributed by atoms with Crippen molar-refractivity contribution in [3.63, 3.8) is 0 Å². The predicted octanol–water partition coefficient (Wildman–Crippen LogP) is 4.56. The van der Waals surface area contributed by atoms with E-state index < -0.39 is 0 Å².